The Labute approximate surface area is 188 Å². The number of fused-ring (bicyclic) bond motifs is 3. The van der Waals surface area contributed by atoms with Gasteiger partial charge in [-0.25, -0.2) is 4.98 Å². The van der Waals surface area contributed by atoms with Crippen LogP contribution in [0.15, 0.2) is 44.7 Å². The van der Waals surface area contributed by atoms with Crippen LogP contribution in [0.25, 0.3) is 21.7 Å². The van der Waals surface area contributed by atoms with E-state index in [2.05, 4.69) is 17.1 Å². The Morgan fingerprint density at radius 2 is 2.03 bits per heavy atom. The second-order valence-electron chi connectivity index (χ2n) is 7.75. The van der Waals surface area contributed by atoms with E-state index in [4.69, 9.17) is 9.40 Å². The SMILES string of the molecule is CCCCCn1c(SCc2nnc(-c3ccccc3)o2)nc2sc3c(c2c1=O)CCC3. The zero-order valence-corrected chi connectivity index (χ0v) is 19.1. The summed E-state index contributed by atoms with van der Waals surface area (Å²) >= 11 is 3.18. The number of rotatable bonds is 8. The fraction of sp³-hybridized carbons (Fsp3) is 0.391. The third-order valence-electron chi connectivity index (χ3n) is 5.59. The summed E-state index contributed by atoms with van der Waals surface area (Å²) in [6, 6.07) is 9.74. The third kappa shape index (κ3) is 4.06. The predicted molar refractivity (Wildman–Crippen MR) is 125 cm³/mol. The van der Waals surface area contributed by atoms with Crippen molar-refractivity contribution < 1.29 is 4.42 Å². The van der Waals surface area contributed by atoms with Gasteiger partial charge in [0.15, 0.2) is 5.16 Å². The van der Waals surface area contributed by atoms with E-state index in [1.807, 2.05) is 34.9 Å². The molecule has 6 nitrogen and oxygen atoms in total. The maximum Gasteiger partial charge on any atom is 0.263 e. The molecule has 0 bridgehead atoms. The lowest BCUT2D eigenvalue weighted by atomic mass is 10.2. The molecule has 4 aromatic rings. The standard InChI is InChI=1S/C23H24N4O2S2/c1-2-3-7-13-27-22(28)19-16-11-8-12-17(16)31-21(19)24-23(27)30-14-18-25-26-20(29-18)15-9-5-4-6-10-15/h4-6,9-10H,2-3,7-8,11-14H2,1H3. The van der Waals surface area contributed by atoms with Crippen molar-refractivity contribution in [3.8, 4) is 11.5 Å². The van der Waals surface area contributed by atoms with Gasteiger partial charge in [0.25, 0.3) is 5.56 Å². The highest BCUT2D eigenvalue weighted by molar-refractivity contribution is 7.98. The molecule has 1 aromatic carbocycles. The highest BCUT2D eigenvalue weighted by Crippen LogP contribution is 2.36. The molecule has 0 unspecified atom stereocenters. The van der Waals surface area contributed by atoms with E-state index in [-0.39, 0.29) is 5.56 Å². The number of hydrogen-bond donors (Lipinski definition) is 0. The fourth-order valence-corrected chi connectivity index (χ4v) is 6.19. The minimum Gasteiger partial charge on any atom is -0.420 e. The number of thiophene rings is 1. The van der Waals surface area contributed by atoms with Crippen LogP contribution in [0.2, 0.25) is 0 Å². The number of aromatic nitrogens is 4. The summed E-state index contributed by atoms with van der Waals surface area (Å²) in [5.74, 6) is 1.53. The molecule has 0 N–H and O–H groups in total. The molecule has 160 valence electrons. The van der Waals surface area contributed by atoms with Crippen LogP contribution >= 0.6 is 23.1 Å². The van der Waals surface area contributed by atoms with E-state index in [9.17, 15) is 4.79 Å². The number of thioether (sulfide) groups is 1. The Morgan fingerprint density at radius 3 is 2.87 bits per heavy atom. The van der Waals surface area contributed by atoms with E-state index in [0.29, 0.717) is 24.1 Å². The van der Waals surface area contributed by atoms with Crippen molar-refractivity contribution >= 4 is 33.3 Å². The lowest BCUT2D eigenvalue weighted by Crippen LogP contribution is -2.23. The number of benzene rings is 1. The maximum absolute atomic E-state index is 13.4. The third-order valence-corrected chi connectivity index (χ3v) is 7.73. The molecular formula is C23H24N4O2S2. The van der Waals surface area contributed by atoms with E-state index in [1.165, 1.54) is 22.2 Å². The van der Waals surface area contributed by atoms with Gasteiger partial charge in [0.05, 0.1) is 11.1 Å². The fourth-order valence-electron chi connectivity index (χ4n) is 4.02. The van der Waals surface area contributed by atoms with Crippen molar-refractivity contribution in [2.24, 2.45) is 0 Å². The Kier molecular flexibility index (Phi) is 5.91. The normalized spacial score (nSPS) is 13.2. The van der Waals surface area contributed by atoms with Gasteiger partial charge in [0.2, 0.25) is 11.8 Å². The van der Waals surface area contributed by atoms with Crippen LogP contribution in [0.1, 0.15) is 48.9 Å². The number of unbranched alkanes of at least 4 members (excludes halogenated alkanes) is 2. The average Bonchev–Trinajstić information content (AvgIpc) is 3.50. The Morgan fingerprint density at radius 1 is 1.16 bits per heavy atom. The van der Waals surface area contributed by atoms with Crippen molar-refractivity contribution in [1.29, 1.82) is 0 Å². The summed E-state index contributed by atoms with van der Waals surface area (Å²) in [4.78, 5) is 20.6. The molecule has 31 heavy (non-hydrogen) atoms. The summed E-state index contributed by atoms with van der Waals surface area (Å²) in [5.41, 5.74) is 2.25. The van der Waals surface area contributed by atoms with Gasteiger partial charge < -0.3 is 4.42 Å². The van der Waals surface area contributed by atoms with Gasteiger partial charge in [-0.1, -0.05) is 49.7 Å². The summed E-state index contributed by atoms with van der Waals surface area (Å²) in [7, 11) is 0. The van der Waals surface area contributed by atoms with E-state index in [0.717, 1.165) is 59.5 Å². The van der Waals surface area contributed by atoms with Gasteiger partial charge in [-0.3, -0.25) is 9.36 Å². The molecule has 8 heteroatoms. The molecule has 3 heterocycles. The van der Waals surface area contributed by atoms with Crippen LogP contribution in [0.5, 0.6) is 0 Å². The molecule has 0 saturated carbocycles. The van der Waals surface area contributed by atoms with Crippen LogP contribution < -0.4 is 5.56 Å². The van der Waals surface area contributed by atoms with Crippen LogP contribution in [-0.4, -0.2) is 19.7 Å². The Bertz CT molecular complexity index is 1260. The molecule has 1 aliphatic rings. The van der Waals surface area contributed by atoms with Gasteiger partial charge >= 0.3 is 0 Å². The van der Waals surface area contributed by atoms with Gasteiger partial charge in [-0.15, -0.1) is 21.5 Å². The molecule has 0 spiro atoms. The zero-order chi connectivity index (χ0) is 21.2. The average molecular weight is 453 g/mol. The molecule has 0 fully saturated rings. The molecule has 0 saturated heterocycles. The lowest BCUT2D eigenvalue weighted by Gasteiger charge is -2.11. The van der Waals surface area contributed by atoms with Crippen LogP contribution in [-0.2, 0) is 25.1 Å². The van der Waals surface area contributed by atoms with Crippen LogP contribution in [0.3, 0.4) is 0 Å². The van der Waals surface area contributed by atoms with Gasteiger partial charge in [0.1, 0.15) is 4.83 Å². The van der Waals surface area contributed by atoms with E-state index < -0.39 is 0 Å². The number of nitrogens with zero attached hydrogens (tertiary/aromatic N) is 4. The maximum atomic E-state index is 13.4. The summed E-state index contributed by atoms with van der Waals surface area (Å²) in [6.45, 7) is 2.87. The smallest absolute Gasteiger partial charge is 0.263 e. The summed E-state index contributed by atoms with van der Waals surface area (Å²) in [6.07, 6.45) is 6.40. The molecule has 5 rings (SSSR count). The van der Waals surface area contributed by atoms with Crippen molar-refractivity contribution in [2.45, 2.75) is 62.9 Å². The zero-order valence-electron chi connectivity index (χ0n) is 17.5. The molecule has 0 aliphatic heterocycles. The quantitative estimate of drug-likeness (QED) is 0.200. The highest BCUT2D eigenvalue weighted by Gasteiger charge is 2.23. The first-order valence-corrected chi connectivity index (χ1v) is 12.6. The first-order valence-electron chi connectivity index (χ1n) is 10.8. The molecular weight excluding hydrogens is 428 g/mol. The van der Waals surface area contributed by atoms with Gasteiger partial charge in [-0.2, -0.15) is 0 Å². The highest BCUT2D eigenvalue weighted by atomic mass is 32.2. The van der Waals surface area contributed by atoms with E-state index in [1.54, 1.807) is 11.3 Å². The van der Waals surface area contributed by atoms with E-state index >= 15 is 0 Å². The van der Waals surface area contributed by atoms with Crippen LogP contribution in [0.4, 0.5) is 0 Å². The molecule has 0 radical (unpaired) electrons. The minimum atomic E-state index is 0.110. The van der Waals surface area contributed by atoms with Crippen molar-refractivity contribution in [3.63, 3.8) is 0 Å². The first-order chi connectivity index (χ1) is 15.2. The molecule has 0 amide bonds. The largest absolute Gasteiger partial charge is 0.420 e. The molecule has 3 aromatic heterocycles. The lowest BCUT2D eigenvalue weighted by molar-refractivity contribution is 0.525. The topological polar surface area (TPSA) is 73.8 Å². The Balaban J connectivity index is 1.44. The molecule has 0 atom stereocenters. The van der Waals surface area contributed by atoms with Crippen LogP contribution in [0, 0.1) is 0 Å². The molecule has 1 aliphatic carbocycles. The van der Waals surface area contributed by atoms with Crippen molar-refractivity contribution in [3.05, 3.63) is 57.0 Å². The predicted octanol–water partition coefficient (Wildman–Crippen LogP) is 5.48. The monoisotopic (exact) mass is 452 g/mol. The van der Waals surface area contributed by atoms with Gasteiger partial charge in [0, 0.05) is 17.0 Å². The van der Waals surface area contributed by atoms with Crippen molar-refractivity contribution in [1.82, 2.24) is 19.7 Å². The second kappa shape index (κ2) is 8.96. The summed E-state index contributed by atoms with van der Waals surface area (Å²) < 4.78 is 7.71. The Hall–Kier alpha value is -2.45. The number of aryl methyl sites for hydroxylation is 2. The minimum absolute atomic E-state index is 0.110. The first kappa shape index (κ1) is 20.5. The van der Waals surface area contributed by atoms with Gasteiger partial charge in [-0.05, 0) is 43.4 Å². The summed E-state index contributed by atoms with van der Waals surface area (Å²) in [5, 5.41) is 9.95. The van der Waals surface area contributed by atoms with Crippen molar-refractivity contribution in [2.75, 3.05) is 0 Å². The second-order valence-corrected chi connectivity index (χ2v) is 9.78. The number of hydrogen-bond acceptors (Lipinski definition) is 7.